The van der Waals surface area contributed by atoms with Crippen LogP contribution >= 0.6 is 11.3 Å². The predicted molar refractivity (Wildman–Crippen MR) is 141 cm³/mol. The zero-order valence-electron chi connectivity index (χ0n) is 23.8. The molecule has 0 aliphatic rings. The molecule has 2 heterocycles. The van der Waals surface area contributed by atoms with Gasteiger partial charge in [0.1, 0.15) is 16.2 Å². The summed E-state index contributed by atoms with van der Waals surface area (Å²) in [6.45, 7) is 4.98. The van der Waals surface area contributed by atoms with Gasteiger partial charge in [-0.15, -0.1) is 11.3 Å². The van der Waals surface area contributed by atoms with Crippen LogP contribution in [0, 0.1) is 0 Å². The molecule has 2 aromatic heterocycles. The van der Waals surface area contributed by atoms with Crippen LogP contribution in [-0.4, -0.2) is 62.1 Å². The van der Waals surface area contributed by atoms with Gasteiger partial charge in [-0.3, -0.25) is 4.90 Å². The quantitative estimate of drug-likeness (QED) is 0.192. The lowest BCUT2D eigenvalue weighted by atomic mass is 10.2. The summed E-state index contributed by atoms with van der Waals surface area (Å²) in [7, 11) is -4.33. The first kappa shape index (κ1) is 36.0. The Morgan fingerprint density at radius 2 is 1.60 bits per heavy atom. The highest BCUT2D eigenvalue weighted by Crippen LogP contribution is 2.47. The van der Waals surface area contributed by atoms with Crippen molar-refractivity contribution in [3.8, 4) is 5.75 Å². The summed E-state index contributed by atoms with van der Waals surface area (Å²) < 4.78 is 136. The zero-order valence-corrected chi connectivity index (χ0v) is 25.4. The lowest BCUT2D eigenvalue weighted by Crippen LogP contribution is -2.38. The SMILES string of the molecule is CCOC(=O)c1cc(C(F)(F)C(F)(F)F)sc1CN(C(=O)OC(C)(C)C)c1ncc(OCC(C)(F)F)cc1S(=O)(=O)CC. The van der Waals surface area contributed by atoms with Gasteiger partial charge in [-0.2, -0.15) is 22.0 Å². The molecule has 9 nitrogen and oxygen atoms in total. The number of carbonyl (C=O) groups is 2. The minimum atomic E-state index is -6.04. The van der Waals surface area contributed by atoms with Crippen LogP contribution in [0.3, 0.4) is 0 Å². The topological polar surface area (TPSA) is 112 Å². The van der Waals surface area contributed by atoms with E-state index in [2.05, 4.69) is 4.98 Å². The summed E-state index contributed by atoms with van der Waals surface area (Å²) in [5, 5.41) is 0. The number of esters is 1. The van der Waals surface area contributed by atoms with Crippen molar-refractivity contribution in [3.63, 3.8) is 0 Å². The summed E-state index contributed by atoms with van der Waals surface area (Å²) in [4.78, 5) is 27.4. The van der Waals surface area contributed by atoms with E-state index in [9.17, 15) is 48.7 Å². The fraction of sp³-hybridized carbons (Fsp3) is 0.560. The average Bonchev–Trinajstić information content (AvgIpc) is 3.29. The van der Waals surface area contributed by atoms with Crippen LogP contribution in [0.1, 0.15) is 61.7 Å². The van der Waals surface area contributed by atoms with Crippen LogP contribution in [-0.2, 0) is 31.8 Å². The van der Waals surface area contributed by atoms with E-state index in [1.807, 2.05) is 0 Å². The number of thiophene rings is 1. The standard InChI is InChI=1S/C25H29F7N2O7S2/c1-7-39-20(35)15-10-18(24(28,29)25(30,31)32)42-16(15)12-34(21(36)41-22(3,4)5)19-17(43(37,38)8-2)9-14(11-33-19)40-13-23(6,26)27/h9-11H,7-8,12-13H2,1-6H3. The molecule has 0 fully saturated rings. The molecule has 0 aromatic carbocycles. The molecule has 242 valence electrons. The molecule has 0 aliphatic carbocycles. The van der Waals surface area contributed by atoms with Crippen LogP contribution in [0.15, 0.2) is 23.2 Å². The molecular weight excluding hydrogens is 637 g/mol. The van der Waals surface area contributed by atoms with Crippen molar-refractivity contribution < 1.29 is 63.0 Å². The third kappa shape index (κ3) is 9.17. The molecule has 0 radical (unpaired) electrons. The van der Waals surface area contributed by atoms with Gasteiger partial charge < -0.3 is 14.2 Å². The van der Waals surface area contributed by atoms with Crippen LogP contribution in [0.4, 0.5) is 41.3 Å². The molecule has 0 N–H and O–H groups in total. The van der Waals surface area contributed by atoms with Crippen molar-refractivity contribution in [2.24, 2.45) is 0 Å². The number of ether oxygens (including phenoxy) is 3. The number of anilines is 1. The minimum Gasteiger partial charge on any atom is -0.486 e. The van der Waals surface area contributed by atoms with Gasteiger partial charge in [0.05, 0.1) is 35.5 Å². The number of sulfone groups is 1. The average molecular weight is 667 g/mol. The minimum absolute atomic E-state index is 0.167. The molecule has 0 spiro atoms. The molecular formula is C25H29F7N2O7S2. The Morgan fingerprint density at radius 3 is 2.09 bits per heavy atom. The van der Waals surface area contributed by atoms with E-state index in [4.69, 9.17) is 14.2 Å². The molecule has 18 heteroatoms. The highest BCUT2D eigenvalue weighted by atomic mass is 32.2. The molecule has 0 saturated carbocycles. The number of carbonyl (C=O) groups excluding carboxylic acids is 2. The summed E-state index contributed by atoms with van der Waals surface area (Å²) in [5.41, 5.74) is -1.98. The molecule has 0 aliphatic heterocycles. The Labute approximate surface area is 246 Å². The molecule has 0 atom stereocenters. The lowest BCUT2D eigenvalue weighted by Gasteiger charge is -2.28. The van der Waals surface area contributed by atoms with Crippen LogP contribution in [0.2, 0.25) is 0 Å². The molecule has 0 unspecified atom stereocenters. The monoisotopic (exact) mass is 666 g/mol. The van der Waals surface area contributed by atoms with Crippen molar-refractivity contribution in [2.45, 2.75) is 76.6 Å². The second-order valence-corrected chi connectivity index (χ2v) is 13.4. The number of amides is 1. The maximum atomic E-state index is 14.3. The first-order chi connectivity index (χ1) is 19.4. The van der Waals surface area contributed by atoms with Crippen molar-refractivity contribution in [3.05, 3.63) is 33.6 Å². The Morgan fingerprint density at radius 1 is 1.00 bits per heavy atom. The van der Waals surface area contributed by atoms with Gasteiger partial charge in [0.2, 0.25) is 0 Å². The van der Waals surface area contributed by atoms with Gasteiger partial charge in [-0.05, 0) is 33.8 Å². The second kappa shape index (κ2) is 12.8. The Balaban J connectivity index is 2.82. The zero-order chi connectivity index (χ0) is 33.2. The summed E-state index contributed by atoms with van der Waals surface area (Å²) >= 11 is -0.167. The van der Waals surface area contributed by atoms with E-state index in [1.165, 1.54) is 34.6 Å². The van der Waals surface area contributed by atoms with E-state index in [1.54, 1.807) is 0 Å². The third-order valence-corrected chi connectivity index (χ3v) is 8.08. The Kier molecular flexibility index (Phi) is 10.8. The van der Waals surface area contributed by atoms with Crippen molar-refractivity contribution in [2.75, 3.05) is 23.9 Å². The highest BCUT2D eigenvalue weighted by molar-refractivity contribution is 7.91. The van der Waals surface area contributed by atoms with Crippen molar-refractivity contribution >= 4 is 39.1 Å². The molecule has 0 saturated heterocycles. The van der Waals surface area contributed by atoms with Gasteiger partial charge >= 0.3 is 24.2 Å². The third-order valence-electron chi connectivity index (χ3n) is 5.16. The number of rotatable bonds is 11. The molecule has 1 amide bonds. The summed E-state index contributed by atoms with van der Waals surface area (Å²) in [5.74, 6) is -11.7. The van der Waals surface area contributed by atoms with Gasteiger partial charge in [0, 0.05) is 17.9 Å². The number of aromatic nitrogens is 1. The fourth-order valence-corrected chi connectivity index (χ4v) is 5.38. The Hall–Kier alpha value is -3.15. The molecule has 2 rings (SSSR count). The molecule has 0 bridgehead atoms. The second-order valence-electron chi connectivity index (χ2n) is 10.1. The van der Waals surface area contributed by atoms with E-state index in [0.717, 1.165) is 12.3 Å². The predicted octanol–water partition coefficient (Wildman–Crippen LogP) is 6.74. The van der Waals surface area contributed by atoms with E-state index in [-0.39, 0.29) is 24.0 Å². The molecule has 43 heavy (non-hydrogen) atoms. The van der Waals surface area contributed by atoms with Gasteiger partial charge in [0.25, 0.3) is 5.92 Å². The lowest BCUT2D eigenvalue weighted by molar-refractivity contribution is -0.287. The van der Waals surface area contributed by atoms with Crippen molar-refractivity contribution in [1.29, 1.82) is 0 Å². The van der Waals surface area contributed by atoms with E-state index >= 15 is 0 Å². The largest absolute Gasteiger partial charge is 0.486 e. The number of halogens is 7. The number of alkyl halides is 7. The van der Waals surface area contributed by atoms with Gasteiger partial charge in [-0.1, -0.05) is 6.92 Å². The normalized spacial score (nSPS) is 13.0. The number of nitrogens with zero attached hydrogens (tertiary/aromatic N) is 2. The van der Waals surface area contributed by atoms with Crippen molar-refractivity contribution in [1.82, 2.24) is 4.98 Å². The first-order valence-electron chi connectivity index (χ1n) is 12.4. The van der Waals surface area contributed by atoms with Gasteiger partial charge in [0.15, 0.2) is 22.3 Å². The maximum Gasteiger partial charge on any atom is 0.458 e. The smallest absolute Gasteiger partial charge is 0.458 e. The van der Waals surface area contributed by atoms with Crippen LogP contribution < -0.4 is 9.64 Å². The number of hydrogen-bond donors (Lipinski definition) is 0. The summed E-state index contributed by atoms with van der Waals surface area (Å²) in [6.07, 6.45) is -6.56. The fourth-order valence-electron chi connectivity index (χ4n) is 3.20. The highest BCUT2D eigenvalue weighted by Gasteiger charge is 2.60. The van der Waals surface area contributed by atoms with Crippen LogP contribution in [0.5, 0.6) is 5.75 Å². The van der Waals surface area contributed by atoms with E-state index < -0.39 is 96.2 Å². The van der Waals surface area contributed by atoms with E-state index in [0.29, 0.717) is 11.8 Å². The maximum absolute atomic E-state index is 14.3. The molecule has 2 aromatic rings. The Bertz CT molecular complexity index is 1430. The number of pyridine rings is 1. The first-order valence-corrected chi connectivity index (χ1v) is 14.9. The van der Waals surface area contributed by atoms with Gasteiger partial charge in [-0.25, -0.2) is 31.8 Å². The van der Waals surface area contributed by atoms with Crippen LogP contribution in [0.25, 0.3) is 0 Å². The number of hydrogen-bond acceptors (Lipinski definition) is 9. The summed E-state index contributed by atoms with van der Waals surface area (Å²) in [6, 6.07) is 1.08.